The van der Waals surface area contributed by atoms with Gasteiger partial charge in [0, 0.05) is 10.1 Å². The molecule has 0 bridgehead atoms. The minimum absolute atomic E-state index is 0.108. The number of nitriles is 1. The molecule has 1 unspecified atom stereocenters. The van der Waals surface area contributed by atoms with E-state index in [0.29, 0.717) is 10.4 Å². The number of thiophene rings is 1. The number of carbonyl (C=O) groups excluding carboxylic acids is 1. The van der Waals surface area contributed by atoms with Crippen molar-refractivity contribution in [1.82, 2.24) is 4.57 Å². The molecule has 1 atom stereocenters. The molecule has 0 saturated heterocycles. The maximum Gasteiger partial charge on any atom is 0.272 e. The number of ketones is 1. The fourth-order valence-electron chi connectivity index (χ4n) is 3.76. The second-order valence-corrected chi connectivity index (χ2v) is 9.10. The lowest BCUT2D eigenvalue weighted by Gasteiger charge is -2.21. The number of fused-ring (bicyclic) bond motifs is 1. The van der Waals surface area contributed by atoms with Gasteiger partial charge in [-0.2, -0.15) is 5.26 Å². The number of hydrogen-bond acceptors (Lipinski definition) is 5. The van der Waals surface area contributed by atoms with E-state index < -0.39 is 23.3 Å². The van der Waals surface area contributed by atoms with Gasteiger partial charge in [-0.05, 0) is 37.1 Å². The second-order valence-electron chi connectivity index (χ2n) is 7.26. The average molecular weight is 483 g/mol. The Kier molecular flexibility index (Phi) is 5.83. The van der Waals surface area contributed by atoms with Gasteiger partial charge in [-0.3, -0.25) is 14.2 Å². The molecular formula is C24H16Cl2N2O3S. The fraction of sp³-hybridized carbons (Fsp3) is 0.125. The third kappa shape index (κ3) is 3.39. The predicted octanol–water partition coefficient (Wildman–Crippen LogP) is 6.10. The summed E-state index contributed by atoms with van der Waals surface area (Å²) < 4.78 is 1.79. The molecule has 0 aliphatic carbocycles. The summed E-state index contributed by atoms with van der Waals surface area (Å²) in [6, 6.07) is 15.5. The molecule has 1 N–H and O–H groups in total. The quantitative estimate of drug-likeness (QED) is 0.356. The smallest absolute Gasteiger partial charge is 0.272 e. The molecule has 2 heterocycles. The number of aromatic hydroxyl groups is 1. The Morgan fingerprint density at radius 2 is 1.84 bits per heavy atom. The third-order valence-electron chi connectivity index (χ3n) is 5.46. The second kappa shape index (κ2) is 8.44. The van der Waals surface area contributed by atoms with Gasteiger partial charge in [0.1, 0.15) is 11.6 Å². The van der Waals surface area contributed by atoms with Gasteiger partial charge >= 0.3 is 0 Å². The minimum atomic E-state index is -0.666. The first-order valence-corrected chi connectivity index (χ1v) is 11.2. The highest BCUT2D eigenvalue weighted by molar-refractivity contribution is 7.22. The van der Waals surface area contributed by atoms with Crippen LogP contribution in [0.2, 0.25) is 10.0 Å². The summed E-state index contributed by atoms with van der Waals surface area (Å²) in [5.41, 5.74) is -0.155. The maximum atomic E-state index is 13.6. The van der Waals surface area contributed by atoms with Crippen molar-refractivity contribution in [1.29, 1.82) is 5.26 Å². The zero-order valence-electron chi connectivity index (χ0n) is 17.0. The van der Waals surface area contributed by atoms with Crippen LogP contribution >= 0.6 is 34.5 Å². The van der Waals surface area contributed by atoms with Crippen molar-refractivity contribution in [3.63, 3.8) is 0 Å². The zero-order chi connectivity index (χ0) is 23.2. The third-order valence-corrected chi connectivity index (χ3v) is 7.41. The zero-order valence-corrected chi connectivity index (χ0v) is 19.3. The maximum absolute atomic E-state index is 13.6. The lowest BCUT2D eigenvalue weighted by atomic mass is 9.99. The van der Waals surface area contributed by atoms with Crippen LogP contribution < -0.4 is 5.56 Å². The lowest BCUT2D eigenvalue weighted by molar-refractivity contribution is 0.103. The summed E-state index contributed by atoms with van der Waals surface area (Å²) in [5.74, 6) is -1.08. The van der Waals surface area contributed by atoms with Gasteiger partial charge in [-0.25, -0.2) is 0 Å². The van der Waals surface area contributed by atoms with E-state index in [9.17, 15) is 20.0 Å². The largest absolute Gasteiger partial charge is 0.494 e. The number of hydrogen-bond donors (Lipinski definition) is 1. The molecular weight excluding hydrogens is 467 g/mol. The summed E-state index contributed by atoms with van der Waals surface area (Å²) >= 11 is 13.9. The number of aromatic nitrogens is 1. The molecule has 2 aromatic heterocycles. The molecule has 0 aliphatic rings. The van der Waals surface area contributed by atoms with Gasteiger partial charge in [0.2, 0.25) is 11.7 Å². The van der Waals surface area contributed by atoms with E-state index in [1.807, 2.05) is 12.1 Å². The van der Waals surface area contributed by atoms with E-state index in [0.717, 1.165) is 26.2 Å². The highest BCUT2D eigenvalue weighted by Gasteiger charge is 2.30. The van der Waals surface area contributed by atoms with E-state index in [1.165, 1.54) is 6.92 Å². The van der Waals surface area contributed by atoms with Gasteiger partial charge in [0.15, 0.2) is 0 Å². The topological polar surface area (TPSA) is 83.1 Å². The normalized spacial score (nSPS) is 12.0. The molecule has 0 spiro atoms. The average Bonchev–Trinajstić information content (AvgIpc) is 3.12. The van der Waals surface area contributed by atoms with E-state index >= 15 is 0 Å². The number of nitrogens with zero attached hydrogens (tertiary/aromatic N) is 2. The van der Waals surface area contributed by atoms with Crippen LogP contribution in [0.3, 0.4) is 0 Å². The monoisotopic (exact) mass is 482 g/mol. The molecule has 0 radical (unpaired) electrons. The van der Waals surface area contributed by atoms with Gasteiger partial charge < -0.3 is 5.11 Å². The molecule has 4 aromatic rings. The van der Waals surface area contributed by atoms with Gasteiger partial charge in [-0.15, -0.1) is 11.3 Å². The van der Waals surface area contributed by atoms with Crippen LogP contribution in [0, 0.1) is 18.3 Å². The highest BCUT2D eigenvalue weighted by atomic mass is 35.5. The van der Waals surface area contributed by atoms with Crippen LogP contribution in [-0.4, -0.2) is 15.5 Å². The van der Waals surface area contributed by atoms with Crippen LogP contribution in [-0.2, 0) is 0 Å². The lowest BCUT2D eigenvalue weighted by Crippen LogP contribution is -2.29. The van der Waals surface area contributed by atoms with E-state index in [2.05, 4.69) is 0 Å². The van der Waals surface area contributed by atoms with Crippen molar-refractivity contribution in [3.8, 4) is 11.9 Å². The van der Waals surface area contributed by atoms with Crippen molar-refractivity contribution < 1.29 is 9.90 Å². The minimum Gasteiger partial charge on any atom is -0.494 e. The summed E-state index contributed by atoms with van der Waals surface area (Å²) in [7, 11) is 0. The molecule has 160 valence electrons. The predicted molar refractivity (Wildman–Crippen MR) is 127 cm³/mol. The van der Waals surface area contributed by atoms with Gasteiger partial charge in [0.25, 0.3) is 5.56 Å². The molecule has 0 amide bonds. The van der Waals surface area contributed by atoms with Crippen molar-refractivity contribution in [2.75, 3.05) is 0 Å². The highest BCUT2D eigenvalue weighted by Crippen LogP contribution is 2.41. The first kappa shape index (κ1) is 22.1. The van der Waals surface area contributed by atoms with Crippen LogP contribution in [0.5, 0.6) is 5.88 Å². The summed E-state index contributed by atoms with van der Waals surface area (Å²) in [5, 5.41) is 21.9. The summed E-state index contributed by atoms with van der Waals surface area (Å²) in [6.07, 6.45) is 0. The van der Waals surface area contributed by atoms with Crippen molar-refractivity contribution in [3.05, 3.63) is 96.1 Å². The van der Waals surface area contributed by atoms with E-state index in [-0.39, 0.29) is 26.6 Å². The first-order chi connectivity index (χ1) is 15.3. The van der Waals surface area contributed by atoms with E-state index in [4.69, 9.17) is 23.2 Å². The Morgan fingerprint density at radius 1 is 1.16 bits per heavy atom. The molecule has 0 aliphatic heterocycles. The molecule has 8 heteroatoms. The van der Waals surface area contributed by atoms with Crippen molar-refractivity contribution in [2.24, 2.45) is 0 Å². The number of pyridine rings is 1. The summed E-state index contributed by atoms with van der Waals surface area (Å²) in [6.45, 7) is 3.19. The van der Waals surface area contributed by atoms with Crippen molar-refractivity contribution in [2.45, 2.75) is 19.9 Å². The van der Waals surface area contributed by atoms with Crippen LogP contribution in [0.1, 0.15) is 44.9 Å². The Labute approximate surface area is 197 Å². The Balaban J connectivity index is 1.99. The van der Waals surface area contributed by atoms with Crippen molar-refractivity contribution >= 4 is 50.4 Å². The molecule has 4 rings (SSSR count). The van der Waals surface area contributed by atoms with Crippen LogP contribution in [0.25, 0.3) is 10.1 Å². The van der Waals surface area contributed by atoms with Gasteiger partial charge in [-0.1, -0.05) is 59.6 Å². The molecule has 2 aromatic carbocycles. The molecule has 0 saturated carbocycles. The first-order valence-electron chi connectivity index (χ1n) is 9.62. The Bertz CT molecular complexity index is 1480. The van der Waals surface area contributed by atoms with Crippen LogP contribution in [0.4, 0.5) is 0 Å². The number of rotatable bonds is 4. The standard InChI is InChI=1S/C24H16Cl2N2O3S/c1-12-15(11-27)23(30)28(13(2)14-7-4-3-5-8-14)24(31)18(12)21(29)22-20(26)19-16(25)9-6-10-17(19)32-22/h3-10,13,31H,1-2H3. The molecule has 5 nitrogen and oxygen atoms in total. The van der Waals surface area contributed by atoms with Gasteiger partial charge in [0.05, 0.1) is 26.5 Å². The van der Waals surface area contributed by atoms with Crippen LogP contribution in [0.15, 0.2) is 53.3 Å². The summed E-state index contributed by atoms with van der Waals surface area (Å²) in [4.78, 5) is 26.8. The number of carbonyl (C=O) groups is 1. The molecule has 0 fully saturated rings. The number of benzene rings is 2. The molecule has 32 heavy (non-hydrogen) atoms. The van der Waals surface area contributed by atoms with E-state index in [1.54, 1.807) is 49.4 Å². The Hall–Kier alpha value is -3.11. The fourth-order valence-corrected chi connectivity index (χ4v) is 5.67. The number of halogens is 2. The Morgan fingerprint density at radius 3 is 2.47 bits per heavy atom. The SMILES string of the molecule is Cc1c(C(=O)c2sc3cccc(Cl)c3c2Cl)c(O)n(C(C)c2ccccc2)c(=O)c1C#N.